The molecule has 1 unspecified atom stereocenters. The summed E-state index contributed by atoms with van der Waals surface area (Å²) in [5, 5.41) is 2.84. The van der Waals surface area contributed by atoms with Crippen molar-refractivity contribution in [3.63, 3.8) is 0 Å². The number of rotatable bonds is 6. The number of hydrogen-bond donors (Lipinski definition) is 1. The van der Waals surface area contributed by atoms with Gasteiger partial charge >= 0.3 is 0 Å². The molecule has 7 nitrogen and oxygen atoms in total. The number of ether oxygens (including phenoxy) is 1. The fourth-order valence-corrected chi connectivity index (χ4v) is 3.51. The number of nitrogens with one attached hydrogen (secondary N) is 1. The molecule has 1 aromatic heterocycles. The highest BCUT2D eigenvalue weighted by Gasteiger charge is 2.35. The van der Waals surface area contributed by atoms with Gasteiger partial charge in [0.2, 0.25) is 11.8 Å². The Kier molecular flexibility index (Phi) is 5.88. The molecule has 0 radical (unpaired) electrons. The predicted octanol–water partition coefficient (Wildman–Crippen LogP) is 2.96. The molecular weight excluding hydrogens is 399 g/mol. The number of aromatic nitrogens is 2. The van der Waals surface area contributed by atoms with E-state index in [1.807, 2.05) is 24.3 Å². The van der Waals surface area contributed by atoms with Gasteiger partial charge in [0.1, 0.15) is 17.9 Å². The van der Waals surface area contributed by atoms with Crippen molar-refractivity contribution in [2.75, 3.05) is 18.6 Å². The average Bonchev–Trinajstić information content (AvgIpc) is 3.19. The molecule has 2 amide bonds. The summed E-state index contributed by atoms with van der Waals surface area (Å²) in [6, 6.07) is 15.1. The Labute approximate surface area is 178 Å². The molecule has 1 saturated heterocycles. The molecule has 0 aliphatic carbocycles. The lowest BCUT2D eigenvalue weighted by Crippen LogP contribution is -2.32. The molecule has 158 valence electrons. The monoisotopic (exact) mass is 420 g/mol. The van der Waals surface area contributed by atoms with Crippen LogP contribution in [-0.2, 0) is 16.1 Å². The van der Waals surface area contributed by atoms with Gasteiger partial charge in [0.25, 0.3) is 0 Å². The molecule has 31 heavy (non-hydrogen) atoms. The first-order valence-corrected chi connectivity index (χ1v) is 9.82. The highest BCUT2D eigenvalue weighted by molar-refractivity contribution is 6.00. The normalized spacial score (nSPS) is 15.7. The zero-order chi connectivity index (χ0) is 21.8. The summed E-state index contributed by atoms with van der Waals surface area (Å²) in [6.45, 7) is 0.435. The van der Waals surface area contributed by atoms with Gasteiger partial charge < -0.3 is 15.0 Å². The second kappa shape index (κ2) is 8.91. The largest absolute Gasteiger partial charge is 0.497 e. The quantitative estimate of drug-likeness (QED) is 0.663. The van der Waals surface area contributed by atoms with E-state index in [2.05, 4.69) is 15.3 Å². The SMILES string of the molecule is COc1ccc(-c2cc(CNC(=O)C3CC(=O)N(c4cccc(F)c4)C3)ncn2)cc1. The van der Waals surface area contributed by atoms with E-state index >= 15 is 0 Å². The average molecular weight is 420 g/mol. The van der Waals surface area contributed by atoms with Gasteiger partial charge in [-0.05, 0) is 48.5 Å². The first-order valence-electron chi connectivity index (χ1n) is 9.82. The van der Waals surface area contributed by atoms with Crippen LogP contribution in [0.25, 0.3) is 11.3 Å². The third-order valence-electron chi connectivity index (χ3n) is 5.17. The van der Waals surface area contributed by atoms with E-state index in [1.54, 1.807) is 25.3 Å². The first-order chi connectivity index (χ1) is 15.0. The van der Waals surface area contributed by atoms with Crippen LogP contribution in [0.1, 0.15) is 12.1 Å². The van der Waals surface area contributed by atoms with E-state index in [9.17, 15) is 14.0 Å². The van der Waals surface area contributed by atoms with Crippen LogP contribution < -0.4 is 15.0 Å². The fraction of sp³-hybridized carbons (Fsp3) is 0.217. The zero-order valence-electron chi connectivity index (χ0n) is 16.9. The minimum absolute atomic E-state index is 0.0865. The van der Waals surface area contributed by atoms with Crippen LogP contribution in [0.2, 0.25) is 0 Å². The Morgan fingerprint density at radius 3 is 2.74 bits per heavy atom. The lowest BCUT2D eigenvalue weighted by molar-refractivity contribution is -0.126. The van der Waals surface area contributed by atoms with Gasteiger partial charge in [-0.3, -0.25) is 9.59 Å². The minimum atomic E-state index is -0.501. The topological polar surface area (TPSA) is 84.4 Å². The van der Waals surface area contributed by atoms with Crippen LogP contribution in [0, 0.1) is 11.7 Å². The van der Waals surface area contributed by atoms with Crippen LogP contribution in [0.3, 0.4) is 0 Å². The van der Waals surface area contributed by atoms with Crippen LogP contribution >= 0.6 is 0 Å². The van der Waals surface area contributed by atoms with Crippen molar-refractivity contribution in [3.8, 4) is 17.0 Å². The van der Waals surface area contributed by atoms with E-state index < -0.39 is 11.7 Å². The fourth-order valence-electron chi connectivity index (χ4n) is 3.51. The van der Waals surface area contributed by atoms with Crippen molar-refractivity contribution in [1.29, 1.82) is 0 Å². The zero-order valence-corrected chi connectivity index (χ0v) is 16.9. The maximum atomic E-state index is 13.5. The molecule has 8 heteroatoms. The summed E-state index contributed by atoms with van der Waals surface area (Å²) < 4.78 is 18.6. The second-order valence-corrected chi connectivity index (χ2v) is 7.23. The summed E-state index contributed by atoms with van der Waals surface area (Å²) in [7, 11) is 1.61. The van der Waals surface area contributed by atoms with Crippen LogP contribution in [0.5, 0.6) is 5.75 Å². The van der Waals surface area contributed by atoms with Crippen molar-refractivity contribution >= 4 is 17.5 Å². The van der Waals surface area contributed by atoms with Crippen LogP contribution in [0.4, 0.5) is 10.1 Å². The number of carbonyl (C=O) groups excluding carboxylic acids is 2. The van der Waals surface area contributed by atoms with Gasteiger partial charge in [-0.2, -0.15) is 0 Å². The summed E-state index contributed by atoms with van der Waals surface area (Å²) in [5.74, 6) is -0.608. The van der Waals surface area contributed by atoms with Gasteiger partial charge in [0.15, 0.2) is 0 Å². The molecule has 2 aromatic carbocycles. The number of hydrogen-bond acceptors (Lipinski definition) is 5. The Morgan fingerprint density at radius 2 is 2.00 bits per heavy atom. The number of methoxy groups -OCH3 is 1. The Morgan fingerprint density at radius 1 is 1.19 bits per heavy atom. The maximum absolute atomic E-state index is 13.5. The molecule has 1 aliphatic rings. The molecule has 0 spiro atoms. The number of anilines is 1. The first kappa shape index (κ1) is 20.5. The molecule has 3 aromatic rings. The highest BCUT2D eigenvalue weighted by Crippen LogP contribution is 2.26. The number of benzene rings is 2. The third-order valence-corrected chi connectivity index (χ3v) is 5.17. The van der Waals surface area contributed by atoms with Gasteiger partial charge in [-0.25, -0.2) is 14.4 Å². The van der Waals surface area contributed by atoms with E-state index in [0.717, 1.165) is 17.0 Å². The molecule has 1 N–H and O–H groups in total. The predicted molar refractivity (Wildman–Crippen MR) is 113 cm³/mol. The second-order valence-electron chi connectivity index (χ2n) is 7.23. The van der Waals surface area contributed by atoms with Crippen LogP contribution in [-0.4, -0.2) is 35.4 Å². The van der Waals surface area contributed by atoms with Gasteiger partial charge in [0.05, 0.1) is 31.0 Å². The van der Waals surface area contributed by atoms with Gasteiger partial charge in [-0.1, -0.05) is 6.07 Å². The highest BCUT2D eigenvalue weighted by atomic mass is 19.1. The summed E-state index contributed by atoms with van der Waals surface area (Å²) in [5.41, 5.74) is 2.75. The Bertz CT molecular complexity index is 1100. The third kappa shape index (κ3) is 4.69. The van der Waals surface area contributed by atoms with Gasteiger partial charge in [-0.15, -0.1) is 0 Å². The van der Waals surface area contributed by atoms with Crippen molar-refractivity contribution < 1.29 is 18.7 Å². The van der Waals surface area contributed by atoms with E-state index in [4.69, 9.17) is 4.74 Å². The Hall–Kier alpha value is -3.81. The maximum Gasteiger partial charge on any atom is 0.227 e. The van der Waals surface area contributed by atoms with Crippen molar-refractivity contribution in [1.82, 2.24) is 15.3 Å². The molecule has 4 rings (SSSR count). The molecule has 0 saturated carbocycles. The number of amides is 2. The molecule has 1 fully saturated rings. The lowest BCUT2D eigenvalue weighted by atomic mass is 10.1. The molecular formula is C23H21FN4O3. The number of halogens is 1. The van der Waals surface area contributed by atoms with E-state index in [1.165, 1.54) is 23.4 Å². The Balaban J connectivity index is 1.38. The minimum Gasteiger partial charge on any atom is -0.497 e. The smallest absolute Gasteiger partial charge is 0.227 e. The van der Waals surface area contributed by atoms with Crippen LogP contribution in [0.15, 0.2) is 60.9 Å². The summed E-state index contributed by atoms with van der Waals surface area (Å²) in [6.07, 6.45) is 1.54. The van der Waals surface area contributed by atoms with E-state index in [-0.39, 0.29) is 31.3 Å². The lowest BCUT2D eigenvalue weighted by Gasteiger charge is -2.16. The molecule has 1 atom stereocenters. The van der Waals surface area contributed by atoms with Crippen molar-refractivity contribution in [2.24, 2.45) is 5.92 Å². The molecule has 1 aliphatic heterocycles. The molecule has 2 heterocycles. The van der Waals surface area contributed by atoms with Crippen molar-refractivity contribution in [2.45, 2.75) is 13.0 Å². The standard InChI is InChI=1S/C23H21FN4O3/c1-31-20-7-5-15(6-8-20)21-11-18(26-14-27-21)12-25-23(30)16-9-22(29)28(13-16)19-4-2-3-17(24)10-19/h2-8,10-11,14,16H,9,12-13H2,1H3,(H,25,30). The summed E-state index contributed by atoms with van der Waals surface area (Å²) >= 11 is 0. The van der Waals surface area contributed by atoms with E-state index in [0.29, 0.717) is 11.4 Å². The number of nitrogens with zero attached hydrogens (tertiary/aromatic N) is 3. The van der Waals surface area contributed by atoms with Gasteiger partial charge in [0, 0.05) is 24.2 Å². The van der Waals surface area contributed by atoms with Crippen molar-refractivity contribution in [3.05, 3.63) is 72.4 Å². The molecule has 0 bridgehead atoms. The number of carbonyl (C=O) groups is 2. The summed E-state index contributed by atoms with van der Waals surface area (Å²) in [4.78, 5) is 34.9.